The first-order chi connectivity index (χ1) is 18.6. The number of amides is 1. The first kappa shape index (κ1) is 27.5. The molecule has 2 fully saturated rings. The molecule has 2 atom stereocenters. The number of aromatic nitrogens is 4. The van der Waals surface area contributed by atoms with Crippen LogP contribution in [0.2, 0.25) is 25.7 Å². The quantitative estimate of drug-likeness (QED) is 0.244. The summed E-state index contributed by atoms with van der Waals surface area (Å²) < 4.78 is 19.9. The summed E-state index contributed by atoms with van der Waals surface area (Å²) in [5.41, 5.74) is 2.26. The van der Waals surface area contributed by atoms with Gasteiger partial charge in [-0.2, -0.15) is 0 Å². The molecule has 11 heteroatoms. The van der Waals surface area contributed by atoms with E-state index in [-0.39, 0.29) is 17.9 Å². The fourth-order valence-corrected chi connectivity index (χ4v) is 5.46. The van der Waals surface area contributed by atoms with Gasteiger partial charge in [-0.25, -0.2) is 15.0 Å². The largest absolute Gasteiger partial charge is 0.480 e. The third-order valence-electron chi connectivity index (χ3n) is 7.10. The van der Waals surface area contributed by atoms with Crippen molar-refractivity contribution in [3.05, 3.63) is 24.7 Å². The summed E-state index contributed by atoms with van der Waals surface area (Å²) in [6, 6.07) is 4.90. The van der Waals surface area contributed by atoms with Crippen molar-refractivity contribution < 1.29 is 19.0 Å². The fourth-order valence-electron chi connectivity index (χ4n) is 4.70. The molecule has 2 aliphatic carbocycles. The SMILES string of the molecule is COc1ncnc(OC2CC2)c1-c1cn(COCC[Si](C)(C)C)c2nc(NC(=O)[C@@H]3C[C@H]3CN(C)C)ccc12. The number of nitrogens with one attached hydrogen (secondary N) is 1. The lowest BCUT2D eigenvalue weighted by atomic mass is 10.1. The van der Waals surface area contributed by atoms with Crippen LogP contribution in [-0.2, 0) is 16.3 Å². The van der Waals surface area contributed by atoms with E-state index in [0.717, 1.165) is 42.8 Å². The Kier molecular flexibility index (Phi) is 7.93. The molecule has 0 bridgehead atoms. The van der Waals surface area contributed by atoms with E-state index >= 15 is 0 Å². The first-order valence-electron chi connectivity index (χ1n) is 13.7. The average Bonchev–Trinajstić information content (AvgIpc) is 3.80. The molecule has 0 radical (unpaired) electrons. The molecule has 5 rings (SSSR count). The van der Waals surface area contributed by atoms with Crippen molar-refractivity contribution in [3.63, 3.8) is 0 Å². The summed E-state index contributed by atoms with van der Waals surface area (Å²) in [5.74, 6) is 1.93. The Balaban J connectivity index is 1.46. The Bertz CT molecular complexity index is 1330. The molecule has 2 aliphatic rings. The van der Waals surface area contributed by atoms with E-state index in [0.29, 0.717) is 48.0 Å². The minimum atomic E-state index is -1.22. The smallest absolute Gasteiger partial charge is 0.228 e. The van der Waals surface area contributed by atoms with Gasteiger partial charge in [0, 0.05) is 44.3 Å². The number of hydrogen-bond acceptors (Lipinski definition) is 8. The van der Waals surface area contributed by atoms with E-state index in [1.165, 1.54) is 6.33 Å². The molecule has 3 aromatic rings. The zero-order valence-corrected chi connectivity index (χ0v) is 24.9. The van der Waals surface area contributed by atoms with E-state index in [1.54, 1.807) is 7.11 Å². The van der Waals surface area contributed by atoms with Crippen molar-refractivity contribution in [2.24, 2.45) is 11.8 Å². The Hall–Kier alpha value is -3.02. The number of nitrogens with zero attached hydrogens (tertiary/aromatic N) is 5. The van der Waals surface area contributed by atoms with Gasteiger partial charge < -0.3 is 29.0 Å². The monoisotopic (exact) mass is 552 g/mol. The van der Waals surface area contributed by atoms with Crippen molar-refractivity contribution in [2.45, 2.75) is 57.8 Å². The molecule has 10 nitrogen and oxygen atoms in total. The topological polar surface area (TPSA) is 104 Å². The maximum atomic E-state index is 12.9. The van der Waals surface area contributed by atoms with Gasteiger partial charge in [-0.1, -0.05) is 19.6 Å². The van der Waals surface area contributed by atoms with Crippen molar-refractivity contribution in [1.82, 2.24) is 24.4 Å². The maximum absolute atomic E-state index is 12.9. The third-order valence-corrected chi connectivity index (χ3v) is 8.81. The number of anilines is 1. The van der Waals surface area contributed by atoms with E-state index in [4.69, 9.17) is 19.2 Å². The maximum Gasteiger partial charge on any atom is 0.228 e. The normalized spacial score (nSPS) is 18.9. The molecule has 39 heavy (non-hydrogen) atoms. The number of ether oxygens (including phenoxy) is 3. The van der Waals surface area contributed by atoms with Gasteiger partial charge in [0.15, 0.2) is 0 Å². The lowest BCUT2D eigenvalue weighted by molar-refractivity contribution is -0.117. The average molecular weight is 553 g/mol. The van der Waals surface area contributed by atoms with Crippen molar-refractivity contribution >= 4 is 30.8 Å². The minimum Gasteiger partial charge on any atom is -0.480 e. The number of carbonyl (C=O) groups excluding carboxylic acids is 1. The summed E-state index contributed by atoms with van der Waals surface area (Å²) in [5, 5.41) is 3.92. The Morgan fingerprint density at radius 2 is 1.95 bits per heavy atom. The molecule has 0 aromatic carbocycles. The van der Waals surface area contributed by atoms with Crippen LogP contribution in [0.4, 0.5) is 5.82 Å². The number of pyridine rings is 1. The van der Waals surface area contributed by atoms with Crippen LogP contribution in [0.15, 0.2) is 24.7 Å². The summed E-state index contributed by atoms with van der Waals surface area (Å²) in [6.45, 7) is 8.95. The second kappa shape index (κ2) is 11.2. The Morgan fingerprint density at radius 3 is 2.64 bits per heavy atom. The standard InChI is InChI=1S/C28H40N6O4Si/c1-33(2)14-18-13-21(18)26(35)32-23-10-9-20-22(15-34(25(20)31-23)17-37-11-12-39(4,5)6)24-27(36-3)29-16-30-28(24)38-19-7-8-19/h9-10,15-16,18-19,21H,7-8,11-14,17H2,1-6H3,(H,31,32,35)/t18-,21+/m0/s1. The third kappa shape index (κ3) is 6.77. The lowest BCUT2D eigenvalue weighted by Crippen LogP contribution is -2.22. The van der Waals surface area contributed by atoms with Gasteiger partial charge in [0.1, 0.15) is 36.2 Å². The zero-order valence-electron chi connectivity index (χ0n) is 23.9. The first-order valence-corrected chi connectivity index (χ1v) is 17.4. The van der Waals surface area contributed by atoms with E-state index in [2.05, 4.69) is 39.8 Å². The zero-order chi connectivity index (χ0) is 27.7. The summed E-state index contributed by atoms with van der Waals surface area (Å²) >= 11 is 0. The molecule has 3 aromatic heterocycles. The lowest BCUT2D eigenvalue weighted by Gasteiger charge is -2.15. The molecule has 3 heterocycles. The molecule has 1 N–H and O–H groups in total. The van der Waals surface area contributed by atoms with Crippen LogP contribution < -0.4 is 14.8 Å². The molecule has 0 unspecified atom stereocenters. The van der Waals surface area contributed by atoms with Crippen molar-refractivity contribution in [2.75, 3.05) is 39.7 Å². The highest BCUT2D eigenvalue weighted by Gasteiger charge is 2.43. The van der Waals surface area contributed by atoms with Gasteiger partial charge in [-0.3, -0.25) is 4.79 Å². The number of methoxy groups -OCH3 is 1. The van der Waals surface area contributed by atoms with Gasteiger partial charge in [-0.05, 0) is 57.5 Å². The predicted molar refractivity (Wildman–Crippen MR) is 154 cm³/mol. The fraction of sp³-hybridized carbons (Fsp3) is 0.571. The number of hydrogen-bond donors (Lipinski definition) is 1. The molecule has 0 spiro atoms. The molecule has 210 valence electrons. The van der Waals surface area contributed by atoms with Crippen LogP contribution in [0.5, 0.6) is 11.8 Å². The highest BCUT2D eigenvalue weighted by atomic mass is 28.3. The molecule has 0 aliphatic heterocycles. The van der Waals surface area contributed by atoms with Crippen LogP contribution in [0.3, 0.4) is 0 Å². The molecular formula is C28H40N6O4Si. The van der Waals surface area contributed by atoms with Crippen LogP contribution >= 0.6 is 0 Å². The number of fused-ring (bicyclic) bond motifs is 1. The van der Waals surface area contributed by atoms with Crippen LogP contribution in [0.25, 0.3) is 22.2 Å². The summed E-state index contributed by atoms with van der Waals surface area (Å²) in [4.78, 5) is 28.7. The molecule has 0 saturated heterocycles. The molecular weight excluding hydrogens is 512 g/mol. The second-order valence-electron chi connectivity index (χ2n) is 12.2. The van der Waals surface area contributed by atoms with E-state index in [1.807, 2.05) is 37.0 Å². The van der Waals surface area contributed by atoms with Crippen LogP contribution in [0.1, 0.15) is 19.3 Å². The Labute approximate surface area is 231 Å². The molecule has 2 saturated carbocycles. The van der Waals surface area contributed by atoms with E-state index in [9.17, 15) is 4.79 Å². The summed E-state index contributed by atoms with van der Waals surface area (Å²) in [6.07, 6.45) is 6.56. The van der Waals surface area contributed by atoms with Gasteiger partial charge in [0.2, 0.25) is 17.7 Å². The minimum absolute atomic E-state index is 0.0247. The predicted octanol–water partition coefficient (Wildman–Crippen LogP) is 4.49. The summed E-state index contributed by atoms with van der Waals surface area (Å²) in [7, 11) is 4.44. The number of rotatable bonds is 13. The van der Waals surface area contributed by atoms with Crippen LogP contribution in [0, 0.1) is 11.8 Å². The van der Waals surface area contributed by atoms with Gasteiger partial charge in [0.25, 0.3) is 0 Å². The highest BCUT2D eigenvalue weighted by Crippen LogP contribution is 2.43. The van der Waals surface area contributed by atoms with Crippen molar-refractivity contribution in [1.29, 1.82) is 0 Å². The highest BCUT2D eigenvalue weighted by molar-refractivity contribution is 6.76. The number of carbonyl (C=O) groups is 1. The van der Waals surface area contributed by atoms with Gasteiger partial charge in [-0.15, -0.1) is 0 Å². The van der Waals surface area contributed by atoms with E-state index < -0.39 is 8.07 Å². The van der Waals surface area contributed by atoms with Crippen LogP contribution in [-0.4, -0.2) is 78.9 Å². The molecule has 1 amide bonds. The van der Waals surface area contributed by atoms with Gasteiger partial charge >= 0.3 is 0 Å². The second-order valence-corrected chi connectivity index (χ2v) is 17.8. The van der Waals surface area contributed by atoms with Crippen molar-refractivity contribution in [3.8, 4) is 22.9 Å². The van der Waals surface area contributed by atoms with Gasteiger partial charge in [0.05, 0.1) is 7.11 Å². The Morgan fingerprint density at radius 1 is 1.18 bits per heavy atom.